The molecule has 0 atom stereocenters. The summed E-state index contributed by atoms with van der Waals surface area (Å²) in [6, 6.07) is 4.83. The molecule has 0 amide bonds. The first kappa shape index (κ1) is 15.4. The smallest absolute Gasteiger partial charge is 0.141 e. The van der Waals surface area contributed by atoms with Crippen LogP contribution in [0.25, 0.3) is 0 Å². The van der Waals surface area contributed by atoms with Crippen LogP contribution in [0.2, 0.25) is 0 Å². The Morgan fingerprint density at radius 1 is 1.33 bits per heavy atom. The molecule has 0 aromatic heterocycles. The van der Waals surface area contributed by atoms with Gasteiger partial charge in [-0.25, -0.2) is 4.39 Å². The Morgan fingerprint density at radius 3 is 2.78 bits per heavy atom. The van der Waals surface area contributed by atoms with Crippen LogP contribution in [0.1, 0.15) is 26.7 Å². The minimum absolute atomic E-state index is 0.286. The second-order valence-corrected chi connectivity index (χ2v) is 5.58. The molecule has 0 bridgehead atoms. The van der Waals surface area contributed by atoms with Crippen molar-refractivity contribution in [2.75, 3.05) is 19.7 Å². The van der Waals surface area contributed by atoms with Gasteiger partial charge in [-0.2, -0.15) is 0 Å². The first-order chi connectivity index (χ1) is 8.59. The van der Waals surface area contributed by atoms with Gasteiger partial charge in [0.2, 0.25) is 0 Å². The van der Waals surface area contributed by atoms with Crippen molar-refractivity contribution in [3.05, 3.63) is 28.5 Å². The second-order valence-electron chi connectivity index (χ2n) is 4.73. The molecular formula is C14H21BrFNO. The minimum Gasteiger partial charge on any atom is -0.493 e. The number of nitrogens with one attached hydrogen (secondary N) is 1. The molecule has 0 heterocycles. The van der Waals surface area contributed by atoms with E-state index in [-0.39, 0.29) is 5.82 Å². The van der Waals surface area contributed by atoms with Gasteiger partial charge in [0.25, 0.3) is 0 Å². The van der Waals surface area contributed by atoms with Crippen molar-refractivity contribution in [3.8, 4) is 5.75 Å². The first-order valence-electron chi connectivity index (χ1n) is 6.38. The lowest BCUT2D eigenvalue weighted by molar-refractivity contribution is 0.304. The fraction of sp³-hybridized carbons (Fsp3) is 0.571. The summed E-state index contributed by atoms with van der Waals surface area (Å²) < 4.78 is 19.1. The van der Waals surface area contributed by atoms with Crippen LogP contribution in [0.3, 0.4) is 0 Å². The van der Waals surface area contributed by atoms with Crippen LogP contribution in [0.15, 0.2) is 22.7 Å². The van der Waals surface area contributed by atoms with Crippen molar-refractivity contribution in [2.45, 2.75) is 26.7 Å². The van der Waals surface area contributed by atoms with Gasteiger partial charge in [-0.05, 0) is 59.9 Å². The number of ether oxygens (including phenoxy) is 1. The summed E-state index contributed by atoms with van der Waals surface area (Å²) in [4.78, 5) is 0. The Labute approximate surface area is 117 Å². The molecule has 0 aliphatic heterocycles. The molecule has 2 nitrogen and oxygen atoms in total. The van der Waals surface area contributed by atoms with E-state index in [9.17, 15) is 4.39 Å². The maximum Gasteiger partial charge on any atom is 0.141 e. The number of halogens is 2. The zero-order valence-electron chi connectivity index (χ0n) is 11.0. The van der Waals surface area contributed by atoms with Crippen LogP contribution >= 0.6 is 15.9 Å². The summed E-state index contributed by atoms with van der Waals surface area (Å²) in [6.45, 7) is 7.08. The van der Waals surface area contributed by atoms with Gasteiger partial charge in [-0.1, -0.05) is 13.8 Å². The average Bonchev–Trinajstić information content (AvgIpc) is 2.32. The Hall–Kier alpha value is -0.610. The molecule has 0 unspecified atom stereocenters. The maximum absolute atomic E-state index is 13.2. The van der Waals surface area contributed by atoms with Crippen molar-refractivity contribution in [1.82, 2.24) is 5.32 Å². The fourth-order valence-electron chi connectivity index (χ4n) is 1.50. The van der Waals surface area contributed by atoms with E-state index in [4.69, 9.17) is 4.74 Å². The normalized spacial score (nSPS) is 10.9. The highest BCUT2D eigenvalue weighted by molar-refractivity contribution is 9.10. The topological polar surface area (TPSA) is 21.3 Å². The first-order valence-corrected chi connectivity index (χ1v) is 7.17. The average molecular weight is 318 g/mol. The highest BCUT2D eigenvalue weighted by Crippen LogP contribution is 2.20. The van der Waals surface area contributed by atoms with Crippen LogP contribution in [0.4, 0.5) is 4.39 Å². The third-order valence-corrected chi connectivity index (χ3v) is 3.10. The Morgan fingerprint density at radius 2 is 2.11 bits per heavy atom. The molecule has 18 heavy (non-hydrogen) atoms. The number of rotatable bonds is 8. The molecule has 1 N–H and O–H groups in total. The summed E-state index contributed by atoms with van der Waals surface area (Å²) in [5, 5.41) is 3.38. The number of unbranched alkanes of at least 4 members (excludes halogenated alkanes) is 1. The van der Waals surface area contributed by atoms with Gasteiger partial charge in [0, 0.05) is 6.07 Å². The Bertz CT molecular complexity index is 358. The third-order valence-electron chi connectivity index (χ3n) is 2.46. The van der Waals surface area contributed by atoms with Crippen LogP contribution in [0, 0.1) is 11.7 Å². The van der Waals surface area contributed by atoms with Gasteiger partial charge < -0.3 is 10.1 Å². The van der Waals surface area contributed by atoms with Crippen LogP contribution in [0.5, 0.6) is 5.75 Å². The van der Waals surface area contributed by atoms with E-state index in [1.165, 1.54) is 6.07 Å². The quantitative estimate of drug-likeness (QED) is 0.732. The lowest BCUT2D eigenvalue weighted by atomic mass is 10.2. The van der Waals surface area contributed by atoms with Gasteiger partial charge in [-0.3, -0.25) is 0 Å². The van der Waals surface area contributed by atoms with Crippen molar-refractivity contribution >= 4 is 15.9 Å². The number of hydrogen-bond donors (Lipinski definition) is 1. The van der Waals surface area contributed by atoms with Crippen molar-refractivity contribution < 1.29 is 9.13 Å². The molecule has 1 rings (SSSR count). The molecule has 1 aromatic rings. The maximum atomic E-state index is 13.2. The Balaban J connectivity index is 2.09. The molecular weight excluding hydrogens is 297 g/mol. The number of hydrogen-bond acceptors (Lipinski definition) is 2. The lowest BCUT2D eigenvalue weighted by Crippen LogP contribution is -2.21. The standard InChI is InChI=1S/C14H21BrFNO/c1-11(2)10-17-7-3-4-8-18-12-5-6-13(15)14(16)9-12/h5-6,9,11,17H,3-4,7-8,10H2,1-2H3. The zero-order valence-corrected chi connectivity index (χ0v) is 12.6. The number of benzene rings is 1. The summed E-state index contributed by atoms with van der Waals surface area (Å²) in [6.07, 6.45) is 2.05. The van der Waals surface area contributed by atoms with E-state index < -0.39 is 0 Å². The predicted octanol–water partition coefficient (Wildman–Crippen LogP) is 3.99. The predicted molar refractivity (Wildman–Crippen MR) is 76.5 cm³/mol. The van der Waals surface area contributed by atoms with Crippen LogP contribution < -0.4 is 10.1 Å². The van der Waals surface area contributed by atoms with Gasteiger partial charge in [0.15, 0.2) is 0 Å². The van der Waals surface area contributed by atoms with Crippen LogP contribution in [-0.2, 0) is 0 Å². The van der Waals surface area contributed by atoms with E-state index in [1.807, 2.05) is 0 Å². The van der Waals surface area contributed by atoms with E-state index >= 15 is 0 Å². The van der Waals surface area contributed by atoms with Crippen LogP contribution in [-0.4, -0.2) is 19.7 Å². The molecule has 0 aliphatic carbocycles. The van der Waals surface area contributed by atoms with Crippen molar-refractivity contribution in [1.29, 1.82) is 0 Å². The van der Waals surface area contributed by atoms with E-state index in [0.717, 1.165) is 25.9 Å². The SMILES string of the molecule is CC(C)CNCCCCOc1ccc(Br)c(F)c1. The summed E-state index contributed by atoms with van der Waals surface area (Å²) >= 11 is 3.11. The zero-order chi connectivity index (χ0) is 13.4. The fourth-order valence-corrected chi connectivity index (χ4v) is 1.75. The second kappa shape index (κ2) is 8.48. The van der Waals surface area contributed by atoms with Gasteiger partial charge in [0.1, 0.15) is 11.6 Å². The van der Waals surface area contributed by atoms with Crippen molar-refractivity contribution in [3.63, 3.8) is 0 Å². The molecule has 0 spiro atoms. The highest BCUT2D eigenvalue weighted by Gasteiger charge is 2.01. The molecule has 0 fully saturated rings. The molecule has 0 saturated carbocycles. The minimum atomic E-state index is -0.286. The highest BCUT2D eigenvalue weighted by atomic mass is 79.9. The molecule has 102 valence electrons. The van der Waals surface area contributed by atoms with Gasteiger partial charge >= 0.3 is 0 Å². The van der Waals surface area contributed by atoms with E-state index in [1.54, 1.807) is 12.1 Å². The summed E-state index contributed by atoms with van der Waals surface area (Å²) in [5.41, 5.74) is 0. The summed E-state index contributed by atoms with van der Waals surface area (Å²) in [5.74, 6) is 0.990. The van der Waals surface area contributed by atoms with E-state index in [2.05, 4.69) is 35.1 Å². The van der Waals surface area contributed by atoms with Gasteiger partial charge in [-0.15, -0.1) is 0 Å². The lowest BCUT2D eigenvalue weighted by Gasteiger charge is -2.08. The van der Waals surface area contributed by atoms with Gasteiger partial charge in [0.05, 0.1) is 11.1 Å². The largest absolute Gasteiger partial charge is 0.493 e. The van der Waals surface area contributed by atoms with E-state index in [0.29, 0.717) is 22.7 Å². The third kappa shape index (κ3) is 6.36. The monoisotopic (exact) mass is 317 g/mol. The Kier molecular flexibility index (Phi) is 7.28. The molecule has 0 radical (unpaired) electrons. The molecule has 0 aliphatic rings. The summed E-state index contributed by atoms with van der Waals surface area (Å²) in [7, 11) is 0. The molecule has 1 aromatic carbocycles. The molecule has 4 heteroatoms. The van der Waals surface area contributed by atoms with Crippen molar-refractivity contribution in [2.24, 2.45) is 5.92 Å². The molecule has 0 saturated heterocycles.